The van der Waals surface area contributed by atoms with Gasteiger partial charge in [-0.15, -0.1) is 23.5 Å². The highest BCUT2D eigenvalue weighted by molar-refractivity contribution is 8.03. The molecule has 2 saturated heterocycles. The molecule has 0 aliphatic carbocycles. The van der Waals surface area contributed by atoms with Gasteiger partial charge in [0.1, 0.15) is 0 Å². The van der Waals surface area contributed by atoms with E-state index in [0.717, 1.165) is 34.2 Å². The molecular weight excluding hydrogens is 500 g/mol. The molecule has 10 heteroatoms. The molecule has 2 fully saturated rings. The van der Waals surface area contributed by atoms with Gasteiger partial charge in [0, 0.05) is 46.3 Å². The Hall–Kier alpha value is -1.62. The van der Waals surface area contributed by atoms with Crippen LogP contribution in [0.4, 0.5) is 0 Å². The van der Waals surface area contributed by atoms with Crippen LogP contribution in [-0.2, 0) is 28.7 Å². The van der Waals surface area contributed by atoms with E-state index in [0.29, 0.717) is 39.3 Å². The Morgan fingerprint density at radius 2 is 1.11 bits per heavy atom. The summed E-state index contributed by atoms with van der Waals surface area (Å²) in [6.45, 7) is 9.17. The van der Waals surface area contributed by atoms with E-state index in [1.807, 2.05) is 27.7 Å². The van der Waals surface area contributed by atoms with Crippen molar-refractivity contribution in [2.75, 3.05) is 37.9 Å². The number of fused-ring (bicyclic) bond motifs is 2. The van der Waals surface area contributed by atoms with Crippen LogP contribution in [0.5, 0.6) is 0 Å². The summed E-state index contributed by atoms with van der Waals surface area (Å²) >= 11 is 3.21. The summed E-state index contributed by atoms with van der Waals surface area (Å²) < 4.78 is 11.4. The number of rotatable bonds is 11. The van der Waals surface area contributed by atoms with Gasteiger partial charge in [0.05, 0.1) is 25.0 Å². The van der Waals surface area contributed by atoms with E-state index >= 15 is 0 Å². The molecule has 0 aromatic heterocycles. The van der Waals surface area contributed by atoms with Gasteiger partial charge in [-0.05, 0) is 64.9 Å². The predicted octanol–water partition coefficient (Wildman–Crippen LogP) is 3.37. The number of hydrogen-bond acceptors (Lipinski definition) is 8. The fourth-order valence-electron chi connectivity index (χ4n) is 5.13. The summed E-state index contributed by atoms with van der Waals surface area (Å²) in [7, 11) is 0. The largest absolute Gasteiger partial charge is 0.379 e. The van der Waals surface area contributed by atoms with E-state index in [4.69, 9.17) is 9.47 Å². The molecule has 0 radical (unpaired) electrons. The van der Waals surface area contributed by atoms with Gasteiger partial charge in [-0.1, -0.05) is 0 Å². The minimum atomic E-state index is -0.631. The third kappa shape index (κ3) is 5.61. The normalized spacial score (nSPS) is 24.8. The van der Waals surface area contributed by atoms with Gasteiger partial charge in [0.15, 0.2) is 0 Å². The van der Waals surface area contributed by atoms with Crippen LogP contribution in [0.1, 0.15) is 53.4 Å². The van der Waals surface area contributed by atoms with Crippen molar-refractivity contribution in [1.29, 1.82) is 0 Å². The molecular formula is C26H36N2O6S2. The molecule has 0 N–H and O–H groups in total. The zero-order valence-corrected chi connectivity index (χ0v) is 23.2. The molecule has 4 rings (SSSR count). The Morgan fingerprint density at radius 1 is 0.722 bits per heavy atom. The molecule has 2 atom stereocenters. The number of nitrogens with zero attached hydrogens (tertiary/aromatic N) is 2. The first-order chi connectivity index (χ1) is 17.0. The Labute approximate surface area is 221 Å². The van der Waals surface area contributed by atoms with Gasteiger partial charge in [-0.3, -0.25) is 29.0 Å². The minimum Gasteiger partial charge on any atom is -0.379 e. The second-order valence-electron chi connectivity index (χ2n) is 10.8. The monoisotopic (exact) mass is 536 g/mol. The summed E-state index contributed by atoms with van der Waals surface area (Å²) in [6.07, 6.45) is 5.89. The molecule has 4 aliphatic heterocycles. The topological polar surface area (TPSA) is 93.2 Å². The third-order valence-electron chi connectivity index (χ3n) is 7.35. The lowest BCUT2D eigenvalue weighted by Crippen LogP contribution is -2.55. The average Bonchev–Trinajstić information content (AvgIpc) is 3.44. The van der Waals surface area contributed by atoms with Crippen LogP contribution in [0.2, 0.25) is 0 Å². The number of ether oxygens (including phenoxy) is 2. The maximum absolute atomic E-state index is 12.9. The molecule has 4 aliphatic rings. The lowest BCUT2D eigenvalue weighted by molar-refractivity contribution is -0.154. The Balaban J connectivity index is 1.15. The van der Waals surface area contributed by atoms with E-state index in [2.05, 4.69) is 0 Å². The van der Waals surface area contributed by atoms with Crippen molar-refractivity contribution in [1.82, 2.24) is 9.80 Å². The van der Waals surface area contributed by atoms with E-state index in [9.17, 15) is 19.2 Å². The first kappa shape index (κ1) is 27.4. The van der Waals surface area contributed by atoms with Crippen molar-refractivity contribution in [3.05, 3.63) is 22.0 Å². The highest BCUT2D eigenvalue weighted by atomic mass is 32.2. The fourth-order valence-corrected chi connectivity index (χ4v) is 7.52. The Bertz CT molecular complexity index is 911. The fraction of sp³-hybridized carbons (Fsp3) is 0.692. The van der Waals surface area contributed by atoms with E-state index in [1.54, 1.807) is 35.7 Å². The van der Waals surface area contributed by atoms with Crippen molar-refractivity contribution in [3.8, 4) is 0 Å². The van der Waals surface area contributed by atoms with E-state index < -0.39 is 11.1 Å². The number of carbonyl (C=O) groups excluding carboxylic acids is 4. The predicted molar refractivity (Wildman–Crippen MR) is 140 cm³/mol. The average molecular weight is 537 g/mol. The van der Waals surface area contributed by atoms with Crippen LogP contribution < -0.4 is 0 Å². The van der Waals surface area contributed by atoms with Gasteiger partial charge < -0.3 is 9.47 Å². The summed E-state index contributed by atoms with van der Waals surface area (Å²) in [5.74, 6) is 0.762. The molecule has 4 heterocycles. The number of amides is 4. The first-order valence-electron chi connectivity index (χ1n) is 12.6. The van der Waals surface area contributed by atoms with Crippen molar-refractivity contribution in [2.24, 2.45) is 11.8 Å². The quantitative estimate of drug-likeness (QED) is 0.293. The molecule has 2 unspecified atom stereocenters. The van der Waals surface area contributed by atoms with Crippen molar-refractivity contribution < 1.29 is 28.7 Å². The van der Waals surface area contributed by atoms with Crippen LogP contribution in [0, 0.1) is 11.8 Å². The SMILES string of the molecule is CC(C)(CCOCCOCCC(C)(C)N1C(=O)C=C2SCCC2C1=O)N1C(=O)C=C2SCCC2C1=O. The number of carbonyl (C=O) groups is 4. The smallest absolute Gasteiger partial charge is 0.254 e. The first-order valence-corrected chi connectivity index (χ1v) is 14.6. The van der Waals surface area contributed by atoms with Gasteiger partial charge in [-0.25, -0.2) is 0 Å². The molecule has 198 valence electrons. The van der Waals surface area contributed by atoms with Crippen LogP contribution in [-0.4, -0.2) is 82.4 Å². The van der Waals surface area contributed by atoms with Crippen LogP contribution in [0.3, 0.4) is 0 Å². The van der Waals surface area contributed by atoms with Crippen LogP contribution in [0.25, 0.3) is 0 Å². The molecule has 4 amide bonds. The molecule has 0 saturated carbocycles. The maximum atomic E-state index is 12.9. The molecule has 0 aromatic carbocycles. The Morgan fingerprint density at radius 3 is 1.50 bits per heavy atom. The van der Waals surface area contributed by atoms with E-state index in [1.165, 1.54) is 9.80 Å². The lowest BCUT2D eigenvalue weighted by Gasteiger charge is -2.40. The molecule has 0 aromatic rings. The molecule has 0 spiro atoms. The van der Waals surface area contributed by atoms with Crippen LogP contribution in [0.15, 0.2) is 22.0 Å². The van der Waals surface area contributed by atoms with E-state index in [-0.39, 0.29) is 35.5 Å². The standard InChI is InChI=1S/C26H36N2O6S2/c1-25(2,27-21(29)15-19-17(23(27)31)5-13-35-19)7-9-33-11-12-34-10-8-26(3,4)28-22(30)16-20-18(24(28)32)6-14-36-20/h15-18H,5-14H2,1-4H3. The molecule has 0 bridgehead atoms. The second-order valence-corrected chi connectivity index (χ2v) is 13.2. The lowest BCUT2D eigenvalue weighted by atomic mass is 9.92. The van der Waals surface area contributed by atoms with Crippen molar-refractivity contribution in [2.45, 2.75) is 64.5 Å². The number of hydrogen-bond donors (Lipinski definition) is 0. The van der Waals surface area contributed by atoms with Gasteiger partial charge in [0.2, 0.25) is 11.8 Å². The number of thioether (sulfide) groups is 2. The number of imide groups is 2. The molecule has 8 nitrogen and oxygen atoms in total. The summed E-state index contributed by atoms with van der Waals surface area (Å²) in [5.41, 5.74) is -1.26. The van der Waals surface area contributed by atoms with Gasteiger partial charge in [0.25, 0.3) is 11.8 Å². The molecule has 36 heavy (non-hydrogen) atoms. The van der Waals surface area contributed by atoms with Crippen LogP contribution >= 0.6 is 23.5 Å². The minimum absolute atomic E-state index is 0.0949. The van der Waals surface area contributed by atoms with Crippen molar-refractivity contribution in [3.63, 3.8) is 0 Å². The summed E-state index contributed by atoms with van der Waals surface area (Å²) in [4.78, 5) is 55.6. The maximum Gasteiger partial charge on any atom is 0.254 e. The van der Waals surface area contributed by atoms with Gasteiger partial charge in [-0.2, -0.15) is 0 Å². The van der Waals surface area contributed by atoms with Crippen molar-refractivity contribution >= 4 is 47.2 Å². The second kappa shape index (κ2) is 11.0. The zero-order chi connectivity index (χ0) is 26.1. The summed E-state index contributed by atoms with van der Waals surface area (Å²) in [5, 5.41) is 0. The summed E-state index contributed by atoms with van der Waals surface area (Å²) in [6, 6.07) is 0. The third-order valence-corrected chi connectivity index (χ3v) is 9.70. The highest BCUT2D eigenvalue weighted by Crippen LogP contribution is 2.42. The Kier molecular flexibility index (Phi) is 8.38. The van der Waals surface area contributed by atoms with Gasteiger partial charge >= 0.3 is 0 Å². The highest BCUT2D eigenvalue weighted by Gasteiger charge is 2.46. The zero-order valence-electron chi connectivity index (χ0n) is 21.5.